The smallest absolute Gasteiger partial charge is 0.422 e. The number of halogens is 3. The first-order valence-corrected chi connectivity index (χ1v) is 5.53. The molecule has 0 amide bonds. The summed E-state index contributed by atoms with van der Waals surface area (Å²) in [4.78, 5) is 22.7. The summed E-state index contributed by atoms with van der Waals surface area (Å²) in [6, 6.07) is 3.77. The van der Waals surface area contributed by atoms with Gasteiger partial charge in [0.15, 0.2) is 23.9 Å². The Balaban J connectivity index is 2.53. The highest BCUT2D eigenvalue weighted by atomic mass is 19.4. The zero-order valence-corrected chi connectivity index (χ0v) is 10.3. The van der Waals surface area contributed by atoms with E-state index in [1.807, 2.05) is 0 Å². The van der Waals surface area contributed by atoms with Crippen molar-refractivity contribution in [2.24, 2.45) is 0 Å². The number of hydrogen-bond acceptors (Lipinski definition) is 4. The van der Waals surface area contributed by atoms with Crippen molar-refractivity contribution < 1.29 is 27.1 Å². The largest absolute Gasteiger partial charge is 0.455 e. The second-order valence-electron chi connectivity index (χ2n) is 4.18. The molecule has 0 unspecified atom stereocenters. The number of carbonyl (C=O) groups excluding carboxylic acids is 1. The summed E-state index contributed by atoms with van der Waals surface area (Å²) in [5.74, 6) is -0.577. The van der Waals surface area contributed by atoms with Gasteiger partial charge in [0.25, 0.3) is 5.95 Å². The van der Waals surface area contributed by atoms with Gasteiger partial charge in [-0.3, -0.25) is 9.59 Å². The molecular weight excluding hydrogens is 277 g/mol. The van der Waals surface area contributed by atoms with Crippen molar-refractivity contribution in [1.29, 1.82) is 0 Å². The summed E-state index contributed by atoms with van der Waals surface area (Å²) >= 11 is 0. The van der Waals surface area contributed by atoms with Crippen LogP contribution in [0.4, 0.5) is 13.2 Å². The Morgan fingerprint density at radius 2 is 2.00 bits per heavy atom. The Morgan fingerprint density at radius 1 is 1.30 bits per heavy atom. The molecule has 1 heterocycles. The van der Waals surface area contributed by atoms with E-state index in [-0.39, 0.29) is 16.5 Å². The van der Waals surface area contributed by atoms with Gasteiger partial charge < -0.3 is 9.15 Å². The predicted octanol–water partition coefficient (Wildman–Crippen LogP) is 2.86. The standard InChI is InChI=1S/C13H9F3O4/c1-7-2-8(5-17)12-9(3-7)10(18)4-11(20-12)19-6-13(14,15)16/h2-5H,6H2,1H3. The van der Waals surface area contributed by atoms with Crippen molar-refractivity contribution in [2.45, 2.75) is 13.1 Å². The van der Waals surface area contributed by atoms with Crippen molar-refractivity contribution in [3.8, 4) is 5.95 Å². The molecule has 7 heteroatoms. The number of ether oxygens (including phenoxy) is 1. The highest BCUT2D eigenvalue weighted by Gasteiger charge is 2.29. The first-order chi connectivity index (χ1) is 9.30. The zero-order chi connectivity index (χ0) is 14.9. The van der Waals surface area contributed by atoms with Crippen molar-refractivity contribution >= 4 is 17.3 Å². The average molecular weight is 286 g/mol. The summed E-state index contributed by atoms with van der Waals surface area (Å²) in [5, 5.41) is 0.117. The highest BCUT2D eigenvalue weighted by molar-refractivity contribution is 5.94. The molecule has 2 rings (SSSR count). The van der Waals surface area contributed by atoms with Crippen LogP contribution in [0.1, 0.15) is 15.9 Å². The van der Waals surface area contributed by atoms with Crippen molar-refractivity contribution in [2.75, 3.05) is 6.61 Å². The third-order valence-corrected chi connectivity index (χ3v) is 2.48. The number of carbonyl (C=O) groups is 1. The second-order valence-corrected chi connectivity index (χ2v) is 4.18. The van der Waals surface area contributed by atoms with Gasteiger partial charge in [-0.2, -0.15) is 13.2 Å². The van der Waals surface area contributed by atoms with Crippen LogP contribution in [0.2, 0.25) is 0 Å². The molecule has 20 heavy (non-hydrogen) atoms. The lowest BCUT2D eigenvalue weighted by Gasteiger charge is -2.09. The predicted molar refractivity (Wildman–Crippen MR) is 64.2 cm³/mol. The van der Waals surface area contributed by atoms with Gasteiger partial charge in [-0.05, 0) is 24.6 Å². The van der Waals surface area contributed by atoms with E-state index in [2.05, 4.69) is 4.74 Å². The Bertz CT molecular complexity index is 716. The van der Waals surface area contributed by atoms with Gasteiger partial charge >= 0.3 is 6.18 Å². The number of hydrogen-bond donors (Lipinski definition) is 0. The number of rotatable bonds is 3. The maximum Gasteiger partial charge on any atom is 0.422 e. The zero-order valence-electron chi connectivity index (χ0n) is 10.3. The van der Waals surface area contributed by atoms with Crippen molar-refractivity contribution in [3.05, 3.63) is 39.5 Å². The number of fused-ring (bicyclic) bond motifs is 1. The maximum absolute atomic E-state index is 12.1. The molecule has 2 aromatic rings. The van der Waals surface area contributed by atoms with Gasteiger partial charge in [0.05, 0.1) is 17.0 Å². The van der Waals surface area contributed by atoms with Crippen LogP contribution in [0.3, 0.4) is 0 Å². The second kappa shape index (κ2) is 4.99. The topological polar surface area (TPSA) is 56.5 Å². The molecule has 0 aliphatic carbocycles. The average Bonchev–Trinajstić information content (AvgIpc) is 2.35. The van der Waals surface area contributed by atoms with Crippen LogP contribution >= 0.6 is 0 Å². The van der Waals surface area contributed by atoms with E-state index in [4.69, 9.17) is 4.42 Å². The van der Waals surface area contributed by atoms with E-state index in [1.165, 1.54) is 12.1 Å². The molecule has 0 spiro atoms. The van der Waals surface area contributed by atoms with Crippen LogP contribution in [0.15, 0.2) is 27.4 Å². The summed E-state index contributed by atoms with van der Waals surface area (Å²) < 4.78 is 45.6. The van der Waals surface area contributed by atoms with Gasteiger partial charge in [-0.25, -0.2) is 0 Å². The normalized spacial score (nSPS) is 11.6. The Hall–Kier alpha value is -2.31. The SMILES string of the molecule is Cc1cc(C=O)c2oc(OCC(F)(F)F)cc(=O)c2c1. The molecule has 0 N–H and O–H groups in total. The molecule has 106 valence electrons. The lowest BCUT2D eigenvalue weighted by Crippen LogP contribution is -2.19. The summed E-state index contributed by atoms with van der Waals surface area (Å²) in [5.41, 5.74) is 0.0796. The minimum atomic E-state index is -4.55. The molecular formula is C13H9F3O4. The first-order valence-electron chi connectivity index (χ1n) is 5.53. The fourth-order valence-corrected chi connectivity index (χ4v) is 1.72. The molecule has 0 radical (unpaired) electrons. The van der Waals surface area contributed by atoms with Gasteiger partial charge in [0, 0.05) is 0 Å². The quantitative estimate of drug-likeness (QED) is 0.814. The van der Waals surface area contributed by atoms with Gasteiger partial charge in [0.2, 0.25) is 0 Å². The maximum atomic E-state index is 12.1. The molecule has 4 nitrogen and oxygen atoms in total. The third-order valence-electron chi connectivity index (χ3n) is 2.48. The number of aryl methyl sites for hydroxylation is 1. The molecule has 0 saturated carbocycles. The van der Waals surface area contributed by atoms with Crippen molar-refractivity contribution in [1.82, 2.24) is 0 Å². The lowest BCUT2D eigenvalue weighted by atomic mass is 10.1. The van der Waals surface area contributed by atoms with Crippen molar-refractivity contribution in [3.63, 3.8) is 0 Å². The van der Waals surface area contributed by atoms with Crippen LogP contribution in [-0.2, 0) is 0 Å². The molecule has 1 aromatic carbocycles. The molecule has 0 atom stereocenters. The Morgan fingerprint density at radius 3 is 2.60 bits per heavy atom. The third kappa shape index (κ3) is 2.98. The minimum Gasteiger partial charge on any atom is -0.455 e. The van der Waals surface area contributed by atoms with Crippen LogP contribution in [-0.4, -0.2) is 19.1 Å². The van der Waals surface area contributed by atoms with Crippen LogP contribution in [0.5, 0.6) is 5.95 Å². The Labute approximate surface area is 110 Å². The van der Waals surface area contributed by atoms with Gasteiger partial charge in [-0.1, -0.05) is 0 Å². The van der Waals surface area contributed by atoms with Crippen LogP contribution < -0.4 is 10.2 Å². The summed E-state index contributed by atoms with van der Waals surface area (Å²) in [6.45, 7) is 0.101. The molecule has 0 aliphatic heterocycles. The number of benzene rings is 1. The monoisotopic (exact) mass is 286 g/mol. The van der Waals surface area contributed by atoms with Gasteiger partial charge in [0.1, 0.15) is 0 Å². The van der Waals surface area contributed by atoms with E-state index >= 15 is 0 Å². The molecule has 1 aromatic heterocycles. The minimum absolute atomic E-state index is 0.0783. The lowest BCUT2D eigenvalue weighted by molar-refractivity contribution is -0.156. The van der Waals surface area contributed by atoms with E-state index < -0.39 is 24.2 Å². The summed E-state index contributed by atoms with van der Waals surface area (Å²) in [7, 11) is 0. The van der Waals surface area contributed by atoms with E-state index in [0.717, 1.165) is 6.07 Å². The Kier molecular flexibility index (Phi) is 3.52. The van der Waals surface area contributed by atoms with Gasteiger partial charge in [-0.15, -0.1) is 0 Å². The van der Waals surface area contributed by atoms with Crippen LogP contribution in [0.25, 0.3) is 11.0 Å². The summed E-state index contributed by atoms with van der Waals surface area (Å²) in [6.07, 6.45) is -4.08. The molecule has 0 saturated heterocycles. The van der Waals surface area contributed by atoms with E-state index in [0.29, 0.717) is 11.8 Å². The molecule has 0 aliphatic rings. The fourth-order valence-electron chi connectivity index (χ4n) is 1.72. The number of alkyl halides is 3. The van der Waals surface area contributed by atoms with E-state index in [1.54, 1.807) is 6.92 Å². The molecule has 0 fully saturated rings. The van der Waals surface area contributed by atoms with Crippen LogP contribution in [0, 0.1) is 6.92 Å². The molecule has 0 bridgehead atoms. The van der Waals surface area contributed by atoms with E-state index in [9.17, 15) is 22.8 Å². The highest BCUT2D eigenvalue weighted by Crippen LogP contribution is 2.23. The first kappa shape index (κ1) is 14.1. The number of aldehydes is 1. The fraction of sp³-hybridized carbons (Fsp3) is 0.231.